The third-order valence-corrected chi connectivity index (χ3v) is 1.91. The van der Waals surface area contributed by atoms with Crippen LogP contribution in [0, 0.1) is 0 Å². The van der Waals surface area contributed by atoms with Crippen molar-refractivity contribution in [1.29, 1.82) is 0 Å². The number of aromatic hydroxyl groups is 1. The van der Waals surface area contributed by atoms with Crippen molar-refractivity contribution in [3.8, 4) is 5.75 Å². The molecule has 0 aliphatic carbocycles. The van der Waals surface area contributed by atoms with Gasteiger partial charge in [-0.2, -0.15) is 0 Å². The largest absolute Gasteiger partial charge is 0.506 e. The van der Waals surface area contributed by atoms with E-state index in [0.29, 0.717) is 5.69 Å². The predicted octanol–water partition coefficient (Wildman–Crippen LogP) is 2.30. The molecule has 1 amide bonds. The van der Waals surface area contributed by atoms with Crippen LogP contribution in [0.5, 0.6) is 5.75 Å². The number of hydrogen-bond acceptors (Lipinski definition) is 2. The molecule has 0 fully saturated rings. The molecule has 1 rings (SSSR count). The summed E-state index contributed by atoms with van der Waals surface area (Å²) in [5, 5.41) is 12.1. The van der Waals surface area contributed by atoms with Crippen LogP contribution in [-0.4, -0.2) is 11.0 Å². The average Bonchev–Trinajstić information content (AvgIpc) is 2.10. The Morgan fingerprint density at radius 3 is 2.71 bits per heavy atom. The van der Waals surface area contributed by atoms with Gasteiger partial charge >= 0.3 is 0 Å². The minimum Gasteiger partial charge on any atom is -0.506 e. The molecule has 14 heavy (non-hydrogen) atoms. The molecule has 0 aliphatic heterocycles. The molecule has 0 aliphatic rings. The van der Waals surface area contributed by atoms with Crippen molar-refractivity contribution in [2.45, 2.75) is 26.7 Å². The van der Waals surface area contributed by atoms with Crippen LogP contribution >= 0.6 is 0 Å². The topological polar surface area (TPSA) is 49.3 Å². The number of hydrogen-bond donors (Lipinski definition) is 2. The molecule has 0 atom stereocenters. The lowest BCUT2D eigenvalue weighted by Gasteiger charge is -2.06. The van der Waals surface area contributed by atoms with Crippen LogP contribution < -0.4 is 5.32 Å². The first kappa shape index (κ1) is 10.6. The Morgan fingerprint density at radius 1 is 1.50 bits per heavy atom. The Labute approximate surface area is 83.8 Å². The van der Waals surface area contributed by atoms with Crippen molar-refractivity contribution in [3.63, 3.8) is 0 Å². The van der Waals surface area contributed by atoms with Gasteiger partial charge in [0.1, 0.15) is 5.75 Å². The standard InChI is InChI=1S/C11H15NO2/c1-3-4-9-5-6-10(11(14)7-9)12-8(2)13/h5-7,14H,3-4H2,1-2H3,(H,12,13). The van der Waals surface area contributed by atoms with Gasteiger partial charge in [-0.25, -0.2) is 0 Å². The van der Waals surface area contributed by atoms with Gasteiger partial charge in [-0.15, -0.1) is 0 Å². The summed E-state index contributed by atoms with van der Waals surface area (Å²) in [5.74, 6) is -0.0466. The summed E-state index contributed by atoms with van der Waals surface area (Å²) in [6, 6.07) is 5.32. The molecule has 0 saturated heterocycles. The lowest BCUT2D eigenvalue weighted by Crippen LogP contribution is -2.05. The molecular formula is C11H15NO2. The quantitative estimate of drug-likeness (QED) is 0.724. The summed E-state index contributed by atoms with van der Waals surface area (Å²) >= 11 is 0. The zero-order chi connectivity index (χ0) is 10.6. The van der Waals surface area contributed by atoms with Crippen LogP contribution in [-0.2, 0) is 11.2 Å². The Morgan fingerprint density at radius 2 is 2.21 bits per heavy atom. The molecule has 1 aromatic carbocycles. The van der Waals surface area contributed by atoms with E-state index in [1.165, 1.54) is 6.92 Å². The number of carbonyl (C=O) groups is 1. The molecule has 0 spiro atoms. The van der Waals surface area contributed by atoms with Crippen molar-refractivity contribution in [3.05, 3.63) is 23.8 Å². The molecule has 0 radical (unpaired) electrons. The second kappa shape index (κ2) is 4.65. The molecule has 1 aromatic rings. The van der Waals surface area contributed by atoms with E-state index in [0.717, 1.165) is 18.4 Å². The first-order chi connectivity index (χ1) is 6.63. The first-order valence-electron chi connectivity index (χ1n) is 4.73. The molecule has 2 N–H and O–H groups in total. The molecule has 0 aromatic heterocycles. The maximum atomic E-state index is 10.8. The number of anilines is 1. The van der Waals surface area contributed by atoms with E-state index in [1.54, 1.807) is 12.1 Å². The van der Waals surface area contributed by atoms with Crippen LogP contribution in [0.3, 0.4) is 0 Å². The lowest BCUT2D eigenvalue weighted by atomic mass is 10.1. The zero-order valence-electron chi connectivity index (χ0n) is 8.50. The van der Waals surface area contributed by atoms with Gasteiger partial charge < -0.3 is 10.4 Å². The summed E-state index contributed by atoms with van der Waals surface area (Å²) < 4.78 is 0. The number of nitrogens with one attached hydrogen (secondary N) is 1. The molecule has 0 heterocycles. The molecule has 0 bridgehead atoms. The molecule has 3 heteroatoms. The summed E-state index contributed by atoms with van der Waals surface area (Å²) in [4.78, 5) is 10.8. The number of benzene rings is 1. The minimum atomic E-state index is -0.177. The van der Waals surface area contributed by atoms with Gasteiger partial charge in [0, 0.05) is 6.92 Å². The number of amides is 1. The molecule has 0 saturated carbocycles. The predicted molar refractivity (Wildman–Crippen MR) is 56.4 cm³/mol. The second-order valence-corrected chi connectivity index (χ2v) is 3.28. The fourth-order valence-corrected chi connectivity index (χ4v) is 1.32. The zero-order valence-corrected chi connectivity index (χ0v) is 8.50. The van der Waals surface area contributed by atoms with Crippen molar-refractivity contribution in [2.24, 2.45) is 0 Å². The summed E-state index contributed by atoms with van der Waals surface area (Å²) in [6.45, 7) is 3.50. The van der Waals surface area contributed by atoms with Crippen LogP contribution in [0.1, 0.15) is 25.8 Å². The van der Waals surface area contributed by atoms with Gasteiger partial charge in [0.2, 0.25) is 5.91 Å². The first-order valence-corrected chi connectivity index (χ1v) is 4.73. The summed E-state index contributed by atoms with van der Waals surface area (Å²) in [7, 11) is 0. The number of carbonyl (C=O) groups excluding carboxylic acids is 1. The van der Waals surface area contributed by atoms with Gasteiger partial charge in [-0.05, 0) is 24.1 Å². The number of aryl methyl sites for hydroxylation is 1. The van der Waals surface area contributed by atoms with E-state index in [-0.39, 0.29) is 11.7 Å². The van der Waals surface area contributed by atoms with Gasteiger partial charge in [-0.3, -0.25) is 4.79 Å². The third-order valence-electron chi connectivity index (χ3n) is 1.91. The highest BCUT2D eigenvalue weighted by Gasteiger charge is 2.03. The van der Waals surface area contributed by atoms with Crippen molar-refractivity contribution < 1.29 is 9.90 Å². The Balaban J connectivity index is 2.84. The average molecular weight is 193 g/mol. The van der Waals surface area contributed by atoms with Crippen molar-refractivity contribution >= 4 is 11.6 Å². The van der Waals surface area contributed by atoms with Crippen LogP contribution in [0.15, 0.2) is 18.2 Å². The van der Waals surface area contributed by atoms with Crippen LogP contribution in [0.25, 0.3) is 0 Å². The van der Waals surface area contributed by atoms with E-state index >= 15 is 0 Å². The number of phenols is 1. The SMILES string of the molecule is CCCc1ccc(NC(C)=O)c(O)c1. The van der Waals surface area contributed by atoms with Gasteiger partial charge in [0.05, 0.1) is 5.69 Å². The fourth-order valence-electron chi connectivity index (χ4n) is 1.32. The highest BCUT2D eigenvalue weighted by atomic mass is 16.3. The van der Waals surface area contributed by atoms with E-state index in [9.17, 15) is 9.90 Å². The normalized spacial score (nSPS) is 9.86. The van der Waals surface area contributed by atoms with Gasteiger partial charge in [-0.1, -0.05) is 19.4 Å². The Hall–Kier alpha value is -1.51. The van der Waals surface area contributed by atoms with E-state index in [2.05, 4.69) is 12.2 Å². The number of rotatable bonds is 3. The van der Waals surface area contributed by atoms with Gasteiger partial charge in [0.25, 0.3) is 0 Å². The molecular weight excluding hydrogens is 178 g/mol. The van der Waals surface area contributed by atoms with Crippen molar-refractivity contribution in [1.82, 2.24) is 0 Å². The molecule has 0 unspecified atom stereocenters. The van der Waals surface area contributed by atoms with E-state index in [1.807, 2.05) is 6.07 Å². The second-order valence-electron chi connectivity index (χ2n) is 3.28. The highest BCUT2D eigenvalue weighted by Crippen LogP contribution is 2.24. The summed E-state index contributed by atoms with van der Waals surface area (Å²) in [5.41, 5.74) is 1.55. The highest BCUT2D eigenvalue weighted by molar-refractivity contribution is 5.90. The Kier molecular flexibility index (Phi) is 3.51. The lowest BCUT2D eigenvalue weighted by molar-refractivity contribution is -0.114. The van der Waals surface area contributed by atoms with Crippen molar-refractivity contribution in [2.75, 3.05) is 5.32 Å². The maximum absolute atomic E-state index is 10.8. The Bertz CT molecular complexity index is 334. The van der Waals surface area contributed by atoms with Gasteiger partial charge in [0.15, 0.2) is 0 Å². The maximum Gasteiger partial charge on any atom is 0.221 e. The summed E-state index contributed by atoms with van der Waals surface area (Å²) in [6.07, 6.45) is 1.98. The van der Waals surface area contributed by atoms with E-state index in [4.69, 9.17) is 0 Å². The van der Waals surface area contributed by atoms with E-state index < -0.39 is 0 Å². The smallest absolute Gasteiger partial charge is 0.221 e. The van der Waals surface area contributed by atoms with Crippen LogP contribution in [0.4, 0.5) is 5.69 Å². The fraction of sp³-hybridized carbons (Fsp3) is 0.364. The minimum absolute atomic E-state index is 0.131. The van der Waals surface area contributed by atoms with Crippen LogP contribution in [0.2, 0.25) is 0 Å². The third kappa shape index (κ3) is 2.76. The molecule has 76 valence electrons. The monoisotopic (exact) mass is 193 g/mol. The number of phenolic OH excluding ortho intramolecular Hbond substituents is 1. The molecule has 3 nitrogen and oxygen atoms in total.